The molecule has 0 spiro atoms. The van der Waals surface area contributed by atoms with E-state index >= 15 is 4.39 Å². The summed E-state index contributed by atoms with van der Waals surface area (Å²) in [4.78, 5) is 33.3. The zero-order valence-corrected chi connectivity index (χ0v) is 25.5. The maximum atomic E-state index is 16.2. The molecule has 5 heterocycles. The molecule has 1 amide bonds. The van der Waals surface area contributed by atoms with Gasteiger partial charge in [0.15, 0.2) is 11.6 Å². The number of benzene rings is 1. The average Bonchev–Trinajstić information content (AvgIpc) is 3.80. The minimum atomic E-state index is -3.24. The zero-order valence-electron chi connectivity index (χ0n) is 24.6. The lowest BCUT2D eigenvalue weighted by atomic mass is 10.0. The van der Waals surface area contributed by atoms with Crippen LogP contribution in [0.25, 0.3) is 55.8 Å². The summed E-state index contributed by atoms with van der Waals surface area (Å²) in [5.74, 6) is -1.15. The molecular weight excluding hydrogens is 614 g/mol. The molecule has 46 heavy (non-hydrogen) atoms. The third kappa shape index (κ3) is 5.83. The first-order valence-electron chi connectivity index (χ1n) is 14.7. The first-order valence-corrected chi connectivity index (χ1v) is 16.8. The number of nitrogens with zero attached hydrogens (tertiary/aromatic N) is 5. The molecule has 0 bridgehead atoms. The molecule has 6 aromatic rings. The summed E-state index contributed by atoms with van der Waals surface area (Å²) < 4.78 is 54.2. The fourth-order valence-corrected chi connectivity index (χ4v) is 6.53. The van der Waals surface area contributed by atoms with Crippen molar-refractivity contribution in [1.29, 1.82) is 0 Å². The molecule has 0 atom stereocenters. The van der Waals surface area contributed by atoms with Crippen molar-refractivity contribution < 1.29 is 22.0 Å². The summed E-state index contributed by atoms with van der Waals surface area (Å²) in [6, 6.07) is 5.98. The molecule has 14 heteroatoms. The number of aromatic amines is 2. The van der Waals surface area contributed by atoms with E-state index in [4.69, 9.17) is 4.98 Å². The van der Waals surface area contributed by atoms with Crippen LogP contribution in [0, 0.1) is 17.6 Å². The predicted molar refractivity (Wildman–Crippen MR) is 169 cm³/mol. The van der Waals surface area contributed by atoms with Gasteiger partial charge in [-0.15, -0.1) is 0 Å². The normalized spacial score (nSPS) is 14.0. The number of carbonyl (C=O) groups excluding carboxylic acids is 1. The van der Waals surface area contributed by atoms with Crippen LogP contribution in [0.3, 0.4) is 0 Å². The van der Waals surface area contributed by atoms with Crippen molar-refractivity contribution in [2.45, 2.75) is 32.1 Å². The number of aryl methyl sites for hydroxylation is 1. The maximum absolute atomic E-state index is 16.2. The Bertz CT molecular complexity index is 2240. The lowest BCUT2D eigenvalue weighted by Crippen LogP contribution is -2.20. The molecule has 1 aromatic carbocycles. The maximum Gasteiger partial charge on any atom is 0.227 e. The molecule has 0 unspecified atom stereocenters. The van der Waals surface area contributed by atoms with Gasteiger partial charge < -0.3 is 10.3 Å². The monoisotopic (exact) mass is 642 g/mol. The third-order valence-electron chi connectivity index (χ3n) is 8.20. The molecule has 1 aliphatic rings. The molecule has 0 saturated heterocycles. The van der Waals surface area contributed by atoms with Gasteiger partial charge in [0.05, 0.1) is 52.0 Å². The fourth-order valence-electron chi connectivity index (χ4n) is 5.93. The fraction of sp³-hybridized carbons (Fsp3) is 0.250. The van der Waals surface area contributed by atoms with E-state index in [0.717, 1.165) is 31.9 Å². The summed E-state index contributed by atoms with van der Waals surface area (Å²) in [5, 5.41) is 10.2. The van der Waals surface area contributed by atoms with E-state index in [1.165, 1.54) is 30.7 Å². The van der Waals surface area contributed by atoms with Gasteiger partial charge in [0.2, 0.25) is 5.91 Å². The summed E-state index contributed by atoms with van der Waals surface area (Å²) in [6.07, 6.45) is 12.6. The van der Waals surface area contributed by atoms with E-state index in [1.807, 2.05) is 0 Å². The number of carbonyl (C=O) groups is 1. The molecule has 3 N–H and O–H groups in total. The highest BCUT2D eigenvalue weighted by atomic mass is 32.2. The Morgan fingerprint density at radius 3 is 2.57 bits per heavy atom. The number of pyridine rings is 3. The van der Waals surface area contributed by atoms with Crippen molar-refractivity contribution in [3.63, 3.8) is 0 Å². The largest absolute Gasteiger partial charge is 0.335 e. The van der Waals surface area contributed by atoms with Crippen LogP contribution < -0.4 is 5.32 Å². The second-order valence-electron chi connectivity index (χ2n) is 11.6. The van der Waals surface area contributed by atoms with Gasteiger partial charge in [-0.05, 0) is 48.6 Å². The number of halogens is 2. The van der Waals surface area contributed by atoms with Crippen LogP contribution in [0.5, 0.6) is 0 Å². The number of rotatable bonds is 8. The van der Waals surface area contributed by atoms with Gasteiger partial charge in [-0.2, -0.15) is 5.10 Å². The van der Waals surface area contributed by atoms with Crippen molar-refractivity contribution in [2.24, 2.45) is 5.92 Å². The van der Waals surface area contributed by atoms with Gasteiger partial charge in [-0.1, -0.05) is 18.9 Å². The van der Waals surface area contributed by atoms with Crippen LogP contribution in [-0.2, 0) is 21.1 Å². The number of fused-ring (bicyclic) bond motifs is 2. The van der Waals surface area contributed by atoms with Crippen LogP contribution >= 0.6 is 0 Å². The quantitative estimate of drug-likeness (QED) is 0.193. The molecule has 11 nitrogen and oxygen atoms in total. The smallest absolute Gasteiger partial charge is 0.227 e. The van der Waals surface area contributed by atoms with Gasteiger partial charge in [0, 0.05) is 35.7 Å². The molecule has 7 rings (SSSR count). The highest BCUT2D eigenvalue weighted by Crippen LogP contribution is 2.35. The van der Waals surface area contributed by atoms with Gasteiger partial charge in [-0.25, -0.2) is 22.2 Å². The number of aromatic nitrogens is 7. The number of hydrogen-bond acceptors (Lipinski definition) is 8. The van der Waals surface area contributed by atoms with E-state index in [-0.39, 0.29) is 46.6 Å². The van der Waals surface area contributed by atoms with Gasteiger partial charge in [0.1, 0.15) is 27.0 Å². The number of hydrogen-bond donors (Lipinski definition) is 3. The van der Waals surface area contributed by atoms with Crippen LogP contribution in [0.2, 0.25) is 0 Å². The van der Waals surface area contributed by atoms with Crippen molar-refractivity contribution in [1.82, 2.24) is 35.1 Å². The number of imidazole rings is 1. The minimum absolute atomic E-state index is 0.0273. The summed E-state index contributed by atoms with van der Waals surface area (Å²) in [7, 11) is -3.24. The zero-order chi connectivity index (χ0) is 32.0. The molecule has 1 saturated carbocycles. The molecule has 1 aliphatic carbocycles. The topological polar surface area (TPSA) is 159 Å². The van der Waals surface area contributed by atoms with Crippen LogP contribution in [0.1, 0.15) is 31.2 Å². The van der Waals surface area contributed by atoms with E-state index in [1.54, 1.807) is 24.5 Å². The SMILES string of the molecule is CS(=O)(=O)CCc1cc(F)cc(-c2cncc3[nH]c(-c4n[nH]c5cnc(-c6cncc(NC(=O)C7CCCC7)c6)c(F)c45)nc23)c1. The molecule has 1 fully saturated rings. The summed E-state index contributed by atoms with van der Waals surface area (Å²) >= 11 is 0. The Labute approximate surface area is 261 Å². The standard InChI is InChI=1S/C32H28F2N8O3S/c1-46(44,45)7-6-17-8-19(10-21(33)9-17)23-14-36-15-25-29(23)40-31(39-25)30-26-24(41-42-30)16-37-28(27(26)34)20-11-22(13-35-12-20)38-32(43)18-4-2-3-5-18/h8-16,18H,2-7H2,1H3,(H,38,43)(H,39,40)(H,41,42). The second-order valence-corrected chi connectivity index (χ2v) is 13.9. The van der Waals surface area contributed by atoms with Gasteiger partial charge >= 0.3 is 0 Å². The Balaban J connectivity index is 1.25. The minimum Gasteiger partial charge on any atom is -0.335 e. The molecule has 234 valence electrons. The Hall–Kier alpha value is -5.11. The van der Waals surface area contributed by atoms with Gasteiger partial charge in [0.25, 0.3) is 0 Å². The highest BCUT2D eigenvalue weighted by Gasteiger charge is 2.24. The number of amides is 1. The third-order valence-corrected chi connectivity index (χ3v) is 9.14. The van der Waals surface area contributed by atoms with Gasteiger partial charge in [-0.3, -0.25) is 24.8 Å². The Morgan fingerprint density at radius 2 is 1.76 bits per heavy atom. The number of nitrogens with one attached hydrogen (secondary N) is 3. The summed E-state index contributed by atoms with van der Waals surface area (Å²) in [6.45, 7) is 0. The number of anilines is 1. The van der Waals surface area contributed by atoms with E-state index in [9.17, 15) is 17.6 Å². The van der Waals surface area contributed by atoms with Crippen molar-refractivity contribution in [3.05, 3.63) is 72.4 Å². The number of sulfone groups is 1. The summed E-state index contributed by atoms with van der Waals surface area (Å²) in [5.41, 5.74) is 3.86. The number of H-pyrrole nitrogens is 2. The van der Waals surface area contributed by atoms with Crippen molar-refractivity contribution >= 4 is 43.4 Å². The second kappa shape index (κ2) is 11.7. The first-order chi connectivity index (χ1) is 22.1. The van der Waals surface area contributed by atoms with E-state index in [2.05, 4.69) is 35.5 Å². The van der Waals surface area contributed by atoms with Crippen molar-refractivity contribution in [3.8, 4) is 33.9 Å². The predicted octanol–water partition coefficient (Wildman–Crippen LogP) is 5.62. The first kappa shape index (κ1) is 29.6. The van der Waals surface area contributed by atoms with E-state index in [0.29, 0.717) is 44.5 Å². The Kier molecular flexibility index (Phi) is 7.51. The molecule has 0 radical (unpaired) electrons. The average molecular weight is 643 g/mol. The molecular formula is C32H28F2N8O3S. The Morgan fingerprint density at radius 1 is 0.957 bits per heavy atom. The van der Waals surface area contributed by atoms with Crippen LogP contribution in [-0.4, -0.2) is 61.5 Å². The lowest BCUT2D eigenvalue weighted by Gasteiger charge is -2.11. The molecule has 0 aliphatic heterocycles. The highest BCUT2D eigenvalue weighted by molar-refractivity contribution is 7.90. The van der Waals surface area contributed by atoms with Crippen LogP contribution in [0.15, 0.2) is 55.2 Å². The van der Waals surface area contributed by atoms with Crippen molar-refractivity contribution in [2.75, 3.05) is 17.3 Å². The van der Waals surface area contributed by atoms with E-state index < -0.39 is 21.5 Å². The lowest BCUT2D eigenvalue weighted by molar-refractivity contribution is -0.119. The molecule has 5 aromatic heterocycles. The van der Waals surface area contributed by atoms with Crippen LogP contribution in [0.4, 0.5) is 14.5 Å².